The highest BCUT2D eigenvalue weighted by Crippen LogP contribution is 2.29. The van der Waals surface area contributed by atoms with Crippen LogP contribution in [0.3, 0.4) is 0 Å². The maximum atomic E-state index is 11.8. The zero-order chi connectivity index (χ0) is 14.5. The Kier molecular flexibility index (Phi) is 5.39. The van der Waals surface area contributed by atoms with E-state index in [4.69, 9.17) is 0 Å². The second-order valence-corrected chi connectivity index (χ2v) is 6.69. The topological polar surface area (TPSA) is 54.0 Å². The lowest BCUT2D eigenvalue weighted by atomic mass is 10.2. The first-order chi connectivity index (χ1) is 9.62. The number of carbonyl (C=O) groups is 1. The van der Waals surface area contributed by atoms with Crippen molar-refractivity contribution >= 4 is 44.9 Å². The molecule has 20 heavy (non-hydrogen) atoms. The Labute approximate surface area is 127 Å². The fourth-order valence-electron chi connectivity index (χ4n) is 1.68. The van der Waals surface area contributed by atoms with Crippen LogP contribution < -0.4 is 10.6 Å². The van der Waals surface area contributed by atoms with E-state index >= 15 is 0 Å². The minimum absolute atomic E-state index is 0.0146. The summed E-state index contributed by atoms with van der Waals surface area (Å²) in [5.74, 6) is -0.0146. The molecule has 108 valence electrons. The first-order valence-corrected chi connectivity index (χ1v) is 8.64. The molecule has 1 aromatic heterocycles. The second-order valence-electron chi connectivity index (χ2n) is 4.60. The number of rotatable bonds is 6. The summed E-state index contributed by atoms with van der Waals surface area (Å²) in [6.07, 6.45) is 3.03. The molecule has 6 heteroatoms. The number of hydrogen-bond donors (Lipinski definition) is 2. The van der Waals surface area contributed by atoms with Crippen LogP contribution >= 0.6 is 23.1 Å². The van der Waals surface area contributed by atoms with Crippen LogP contribution in [0.4, 0.5) is 5.69 Å². The Hall–Kier alpha value is -1.11. The fraction of sp³-hybridized carbons (Fsp3) is 0.429. The van der Waals surface area contributed by atoms with Crippen molar-refractivity contribution in [3.63, 3.8) is 0 Å². The van der Waals surface area contributed by atoms with Crippen molar-refractivity contribution in [3.8, 4) is 0 Å². The Morgan fingerprint density at radius 2 is 2.30 bits per heavy atom. The number of amides is 1. The largest absolute Gasteiger partial charge is 0.325 e. The molecular weight excluding hydrogens is 290 g/mol. The summed E-state index contributed by atoms with van der Waals surface area (Å²) in [6, 6.07) is 6.18. The summed E-state index contributed by atoms with van der Waals surface area (Å²) in [5.41, 5.74) is 1.81. The fourth-order valence-corrected chi connectivity index (χ4v) is 3.21. The Morgan fingerprint density at radius 3 is 3.00 bits per heavy atom. The monoisotopic (exact) mass is 309 g/mol. The lowest BCUT2D eigenvalue weighted by molar-refractivity contribution is -0.115. The number of aromatic nitrogens is 1. The van der Waals surface area contributed by atoms with E-state index in [9.17, 15) is 4.79 Å². The van der Waals surface area contributed by atoms with Crippen LogP contribution in [0.1, 0.15) is 20.3 Å². The van der Waals surface area contributed by atoms with Gasteiger partial charge in [0, 0.05) is 11.7 Å². The van der Waals surface area contributed by atoms with Gasteiger partial charge in [-0.3, -0.25) is 4.79 Å². The summed E-state index contributed by atoms with van der Waals surface area (Å²) in [5, 5.41) is 6.09. The van der Waals surface area contributed by atoms with Crippen molar-refractivity contribution in [2.24, 2.45) is 0 Å². The maximum absolute atomic E-state index is 11.8. The number of nitrogens with zero attached hydrogens (tertiary/aromatic N) is 1. The van der Waals surface area contributed by atoms with Crippen LogP contribution in [0.5, 0.6) is 0 Å². The second kappa shape index (κ2) is 7.06. The molecule has 2 aromatic rings. The highest BCUT2D eigenvalue weighted by atomic mass is 32.2. The lowest BCUT2D eigenvalue weighted by Gasteiger charge is -2.11. The molecule has 1 unspecified atom stereocenters. The molecule has 0 aliphatic rings. The van der Waals surface area contributed by atoms with Crippen molar-refractivity contribution in [2.75, 3.05) is 18.1 Å². The highest BCUT2D eigenvalue weighted by molar-refractivity contribution is 8.00. The molecule has 0 radical (unpaired) electrons. The molecule has 1 aromatic carbocycles. The summed E-state index contributed by atoms with van der Waals surface area (Å²) in [6.45, 7) is 4.50. The highest BCUT2D eigenvalue weighted by Gasteiger charge is 2.07. The molecule has 0 bridgehead atoms. The minimum atomic E-state index is -0.0146. The number of anilines is 1. The number of nitrogens with one attached hydrogen (secondary N) is 2. The molecule has 1 atom stereocenters. The summed E-state index contributed by atoms with van der Waals surface area (Å²) >= 11 is 3.28. The van der Waals surface area contributed by atoms with E-state index in [1.54, 1.807) is 23.1 Å². The van der Waals surface area contributed by atoms with Crippen molar-refractivity contribution in [2.45, 2.75) is 30.6 Å². The number of fused-ring (bicyclic) bond motifs is 1. The van der Waals surface area contributed by atoms with E-state index in [1.807, 2.05) is 24.5 Å². The van der Waals surface area contributed by atoms with Crippen molar-refractivity contribution in [1.29, 1.82) is 0 Å². The van der Waals surface area contributed by atoms with Gasteiger partial charge in [-0.15, -0.1) is 11.3 Å². The first kappa shape index (κ1) is 15.3. The van der Waals surface area contributed by atoms with Gasteiger partial charge in [0.05, 0.1) is 16.8 Å². The molecule has 0 aliphatic carbocycles. The van der Waals surface area contributed by atoms with Crippen LogP contribution in [0, 0.1) is 0 Å². The van der Waals surface area contributed by atoms with Crippen LogP contribution in [0.2, 0.25) is 0 Å². The van der Waals surface area contributed by atoms with Gasteiger partial charge >= 0.3 is 0 Å². The number of hydrogen-bond acceptors (Lipinski definition) is 5. The van der Waals surface area contributed by atoms with E-state index in [0.717, 1.165) is 26.7 Å². The lowest BCUT2D eigenvalue weighted by Crippen LogP contribution is -2.33. The number of benzene rings is 1. The molecule has 2 rings (SSSR count). The van der Waals surface area contributed by atoms with E-state index in [2.05, 4.69) is 29.5 Å². The zero-order valence-corrected chi connectivity index (χ0v) is 13.5. The molecule has 0 aliphatic heterocycles. The van der Waals surface area contributed by atoms with E-state index in [1.165, 1.54) is 0 Å². The molecule has 1 heterocycles. The third-order valence-corrected chi connectivity index (χ3v) is 5.05. The van der Waals surface area contributed by atoms with Gasteiger partial charge in [-0.25, -0.2) is 4.98 Å². The minimum Gasteiger partial charge on any atom is -0.325 e. The average molecular weight is 309 g/mol. The maximum Gasteiger partial charge on any atom is 0.238 e. The van der Waals surface area contributed by atoms with E-state index < -0.39 is 0 Å². The number of thioether (sulfide) groups is 1. The van der Waals surface area contributed by atoms with Gasteiger partial charge in [0.15, 0.2) is 4.34 Å². The van der Waals surface area contributed by atoms with Crippen LogP contribution in [-0.4, -0.2) is 29.7 Å². The van der Waals surface area contributed by atoms with Crippen molar-refractivity contribution in [1.82, 2.24) is 10.3 Å². The van der Waals surface area contributed by atoms with Crippen LogP contribution in [0.15, 0.2) is 22.5 Å². The predicted octanol–water partition coefficient (Wildman–Crippen LogP) is 3.34. The number of carbonyl (C=O) groups excluding carboxylic acids is 1. The SMILES string of the molecule is CCC(C)NCC(=O)Nc1ccc2nc(SC)sc2c1. The quantitative estimate of drug-likeness (QED) is 0.804. The van der Waals surface area contributed by atoms with Gasteiger partial charge in [-0.1, -0.05) is 18.7 Å². The van der Waals surface area contributed by atoms with Crippen molar-refractivity contribution in [3.05, 3.63) is 18.2 Å². The van der Waals surface area contributed by atoms with Crippen molar-refractivity contribution < 1.29 is 4.79 Å². The summed E-state index contributed by atoms with van der Waals surface area (Å²) in [4.78, 5) is 16.3. The Morgan fingerprint density at radius 1 is 1.50 bits per heavy atom. The molecule has 0 fully saturated rings. The smallest absolute Gasteiger partial charge is 0.238 e. The standard InChI is InChI=1S/C14H19N3OS2/c1-4-9(2)15-8-13(18)16-10-5-6-11-12(7-10)20-14(17-11)19-3/h5-7,9,15H,4,8H2,1-3H3,(H,16,18). The van der Waals surface area contributed by atoms with E-state index in [-0.39, 0.29) is 5.91 Å². The third kappa shape index (κ3) is 3.94. The van der Waals surface area contributed by atoms with Gasteiger partial charge in [0.1, 0.15) is 0 Å². The zero-order valence-electron chi connectivity index (χ0n) is 11.9. The normalized spacial score (nSPS) is 12.6. The third-order valence-electron chi connectivity index (χ3n) is 3.05. The van der Waals surface area contributed by atoms with Gasteiger partial charge in [0.2, 0.25) is 5.91 Å². The van der Waals surface area contributed by atoms with Gasteiger partial charge in [-0.2, -0.15) is 0 Å². The Bertz CT molecular complexity index is 597. The molecule has 0 saturated heterocycles. The number of thiazole rings is 1. The molecule has 1 amide bonds. The van der Waals surface area contributed by atoms with E-state index in [0.29, 0.717) is 12.6 Å². The van der Waals surface area contributed by atoms with Gasteiger partial charge < -0.3 is 10.6 Å². The molecule has 0 spiro atoms. The van der Waals surface area contributed by atoms with Gasteiger partial charge in [-0.05, 0) is 37.8 Å². The van der Waals surface area contributed by atoms with Crippen LogP contribution in [-0.2, 0) is 4.79 Å². The summed E-state index contributed by atoms with van der Waals surface area (Å²) < 4.78 is 2.14. The molecule has 4 nitrogen and oxygen atoms in total. The Balaban J connectivity index is 2.00. The van der Waals surface area contributed by atoms with Crippen LogP contribution in [0.25, 0.3) is 10.2 Å². The average Bonchev–Trinajstić information content (AvgIpc) is 2.87. The predicted molar refractivity (Wildman–Crippen MR) is 87.8 cm³/mol. The summed E-state index contributed by atoms with van der Waals surface area (Å²) in [7, 11) is 0. The molecule has 2 N–H and O–H groups in total. The molecular formula is C14H19N3OS2. The van der Waals surface area contributed by atoms with Gasteiger partial charge in [0.25, 0.3) is 0 Å². The first-order valence-electron chi connectivity index (χ1n) is 6.60. The molecule has 0 saturated carbocycles.